The number of carbonyl (C=O) groups excluding carboxylic acids is 1. The molecule has 0 unspecified atom stereocenters. The molecule has 8 heteroatoms. The van der Waals surface area contributed by atoms with Crippen molar-refractivity contribution in [2.75, 3.05) is 5.32 Å². The first-order chi connectivity index (χ1) is 15.7. The maximum Gasteiger partial charge on any atom is 0.244 e. The summed E-state index contributed by atoms with van der Waals surface area (Å²) >= 11 is 5.98. The first kappa shape index (κ1) is 22.8. The molecule has 0 radical (unpaired) electrons. The second-order valence-electron chi connectivity index (χ2n) is 7.78. The quantitative estimate of drug-likeness (QED) is 0.447. The Morgan fingerprint density at radius 1 is 0.970 bits per heavy atom. The Balaban J connectivity index is 1.81. The predicted molar refractivity (Wildman–Crippen MR) is 130 cm³/mol. The van der Waals surface area contributed by atoms with Crippen LogP contribution in [-0.2, 0) is 21.2 Å². The molecule has 33 heavy (non-hydrogen) atoms. The van der Waals surface area contributed by atoms with Crippen molar-refractivity contribution in [3.05, 3.63) is 99.3 Å². The summed E-state index contributed by atoms with van der Waals surface area (Å²) in [6, 6.07) is 18.1. The van der Waals surface area contributed by atoms with Crippen LogP contribution in [-0.4, -0.2) is 18.9 Å². The highest BCUT2D eigenvalue weighted by Gasteiger charge is 2.24. The highest BCUT2D eigenvalue weighted by molar-refractivity contribution is 7.91. The lowest BCUT2D eigenvalue weighted by molar-refractivity contribution is -0.116. The van der Waals surface area contributed by atoms with E-state index in [1.165, 1.54) is 16.8 Å². The molecular formula is C25H21ClN2O4S. The molecule has 4 aromatic rings. The number of nitrogens with zero attached hydrogens (tertiary/aromatic N) is 1. The molecule has 0 aliphatic rings. The van der Waals surface area contributed by atoms with Crippen LogP contribution in [0.2, 0.25) is 5.02 Å². The number of hydrogen-bond donors (Lipinski definition) is 1. The van der Waals surface area contributed by atoms with Gasteiger partial charge in [-0.05, 0) is 67.4 Å². The standard InChI is InChI=1S/C25H21ClN2O4S/c1-16-10-11-20(12-17(16)2)33(31,32)23-14-28(22-9-4-3-8-21(22)25(23)30)15-24(29)27-19-7-5-6-18(26)13-19/h3-14H,15H2,1-2H3,(H,27,29). The minimum atomic E-state index is -4.11. The molecule has 6 nitrogen and oxygen atoms in total. The van der Waals surface area contributed by atoms with Crippen molar-refractivity contribution in [2.24, 2.45) is 0 Å². The minimum absolute atomic E-state index is 0.0351. The molecule has 168 valence electrons. The van der Waals surface area contributed by atoms with Crippen molar-refractivity contribution in [1.29, 1.82) is 0 Å². The Morgan fingerprint density at radius 2 is 1.73 bits per heavy atom. The number of benzene rings is 3. The van der Waals surface area contributed by atoms with Gasteiger partial charge in [0, 0.05) is 22.3 Å². The number of carbonyl (C=O) groups is 1. The zero-order valence-corrected chi connectivity index (χ0v) is 19.6. The Labute approximate surface area is 196 Å². The van der Waals surface area contributed by atoms with Gasteiger partial charge in [0.05, 0.1) is 10.4 Å². The number of halogens is 1. The number of nitrogens with one attached hydrogen (secondary N) is 1. The van der Waals surface area contributed by atoms with Crippen LogP contribution in [0.25, 0.3) is 10.9 Å². The van der Waals surface area contributed by atoms with E-state index < -0.39 is 15.3 Å². The van der Waals surface area contributed by atoms with Gasteiger partial charge in [0.15, 0.2) is 0 Å². The maximum absolute atomic E-state index is 13.4. The predicted octanol–water partition coefficient (Wildman–Crippen LogP) is 4.74. The van der Waals surface area contributed by atoms with E-state index in [1.54, 1.807) is 60.7 Å². The highest BCUT2D eigenvalue weighted by Crippen LogP contribution is 2.23. The fourth-order valence-corrected chi connectivity index (χ4v) is 5.21. The SMILES string of the molecule is Cc1ccc(S(=O)(=O)c2cn(CC(=O)Nc3cccc(Cl)c3)c3ccccc3c2=O)cc1C. The first-order valence-corrected chi connectivity index (χ1v) is 12.0. The second-order valence-corrected chi connectivity index (χ2v) is 10.1. The number of aryl methyl sites for hydroxylation is 2. The van der Waals surface area contributed by atoms with Gasteiger partial charge in [-0.25, -0.2) is 8.42 Å². The summed E-state index contributed by atoms with van der Waals surface area (Å²) in [5.74, 6) is -0.388. The molecule has 1 N–H and O–H groups in total. The van der Waals surface area contributed by atoms with Crippen LogP contribution in [0, 0.1) is 13.8 Å². The number of fused-ring (bicyclic) bond motifs is 1. The lowest BCUT2D eigenvalue weighted by atomic mass is 10.1. The van der Waals surface area contributed by atoms with Crippen LogP contribution in [0.5, 0.6) is 0 Å². The van der Waals surface area contributed by atoms with Crippen LogP contribution in [0.1, 0.15) is 11.1 Å². The molecule has 0 saturated heterocycles. The van der Waals surface area contributed by atoms with Crippen molar-refractivity contribution in [1.82, 2.24) is 4.57 Å². The number of sulfone groups is 1. The molecule has 4 rings (SSSR count). The molecule has 1 heterocycles. The minimum Gasteiger partial charge on any atom is -0.336 e. The third-order valence-corrected chi connectivity index (χ3v) is 7.43. The smallest absolute Gasteiger partial charge is 0.244 e. The van der Waals surface area contributed by atoms with Gasteiger partial charge in [0.1, 0.15) is 11.4 Å². The molecule has 0 spiro atoms. The lowest BCUT2D eigenvalue weighted by Crippen LogP contribution is -2.24. The Bertz CT molecular complexity index is 1560. The number of aromatic nitrogens is 1. The van der Waals surface area contributed by atoms with Gasteiger partial charge in [0.25, 0.3) is 0 Å². The van der Waals surface area contributed by atoms with Gasteiger partial charge in [-0.3, -0.25) is 9.59 Å². The second kappa shape index (κ2) is 8.84. The number of amides is 1. The number of pyridine rings is 1. The maximum atomic E-state index is 13.4. The third kappa shape index (κ3) is 4.55. The molecular weight excluding hydrogens is 460 g/mol. The fraction of sp³-hybridized carbons (Fsp3) is 0.120. The zero-order valence-electron chi connectivity index (χ0n) is 18.0. The number of hydrogen-bond acceptors (Lipinski definition) is 4. The van der Waals surface area contributed by atoms with Crippen LogP contribution in [0.4, 0.5) is 5.69 Å². The highest BCUT2D eigenvalue weighted by atomic mass is 35.5. The summed E-state index contributed by atoms with van der Waals surface area (Å²) in [5.41, 5.74) is 2.12. The Hall–Kier alpha value is -3.42. The average molecular weight is 481 g/mol. The molecule has 0 fully saturated rings. The molecule has 0 aliphatic heterocycles. The van der Waals surface area contributed by atoms with E-state index in [2.05, 4.69) is 5.32 Å². The first-order valence-electron chi connectivity index (χ1n) is 10.2. The van der Waals surface area contributed by atoms with Gasteiger partial charge in [-0.15, -0.1) is 0 Å². The molecule has 0 atom stereocenters. The van der Waals surface area contributed by atoms with E-state index in [-0.39, 0.29) is 27.6 Å². The van der Waals surface area contributed by atoms with E-state index in [0.717, 1.165) is 11.1 Å². The van der Waals surface area contributed by atoms with Gasteiger partial charge < -0.3 is 9.88 Å². The van der Waals surface area contributed by atoms with E-state index in [9.17, 15) is 18.0 Å². The summed E-state index contributed by atoms with van der Waals surface area (Å²) in [4.78, 5) is 25.6. The summed E-state index contributed by atoms with van der Waals surface area (Å²) in [6.45, 7) is 3.50. The molecule has 3 aromatic carbocycles. The largest absolute Gasteiger partial charge is 0.336 e. The van der Waals surface area contributed by atoms with Crippen molar-refractivity contribution >= 4 is 43.9 Å². The van der Waals surface area contributed by atoms with Gasteiger partial charge in [-0.2, -0.15) is 0 Å². The molecule has 1 aromatic heterocycles. The fourth-order valence-electron chi connectivity index (χ4n) is 3.57. The van der Waals surface area contributed by atoms with Crippen molar-refractivity contribution < 1.29 is 13.2 Å². The van der Waals surface area contributed by atoms with Crippen molar-refractivity contribution in [3.63, 3.8) is 0 Å². The van der Waals surface area contributed by atoms with Crippen LogP contribution in [0.15, 0.2) is 87.5 Å². The van der Waals surface area contributed by atoms with Crippen molar-refractivity contribution in [2.45, 2.75) is 30.2 Å². The monoisotopic (exact) mass is 480 g/mol. The van der Waals surface area contributed by atoms with E-state index in [0.29, 0.717) is 16.2 Å². The molecule has 0 saturated carbocycles. The summed E-state index contributed by atoms with van der Waals surface area (Å²) in [6.07, 6.45) is 1.24. The Morgan fingerprint density at radius 3 is 2.45 bits per heavy atom. The normalized spacial score (nSPS) is 11.5. The molecule has 0 bridgehead atoms. The van der Waals surface area contributed by atoms with Gasteiger partial charge in [0.2, 0.25) is 21.2 Å². The Kier molecular flexibility index (Phi) is 6.10. The van der Waals surface area contributed by atoms with Gasteiger partial charge in [-0.1, -0.05) is 35.9 Å². The number of para-hydroxylation sites is 1. The zero-order chi connectivity index (χ0) is 23.8. The summed E-state index contributed by atoms with van der Waals surface area (Å²) in [7, 11) is -4.11. The number of rotatable bonds is 5. The van der Waals surface area contributed by atoms with Gasteiger partial charge >= 0.3 is 0 Å². The topological polar surface area (TPSA) is 85.2 Å². The van der Waals surface area contributed by atoms with E-state index in [1.807, 2.05) is 13.8 Å². The van der Waals surface area contributed by atoms with Crippen molar-refractivity contribution in [3.8, 4) is 0 Å². The molecule has 0 aliphatic carbocycles. The summed E-state index contributed by atoms with van der Waals surface area (Å²) < 4.78 is 28.3. The average Bonchev–Trinajstić information content (AvgIpc) is 2.77. The van der Waals surface area contributed by atoms with Crippen LogP contribution in [0.3, 0.4) is 0 Å². The number of anilines is 1. The third-order valence-electron chi connectivity index (χ3n) is 5.46. The van der Waals surface area contributed by atoms with E-state index >= 15 is 0 Å². The van der Waals surface area contributed by atoms with Crippen LogP contribution < -0.4 is 10.7 Å². The summed E-state index contributed by atoms with van der Waals surface area (Å²) in [5, 5.41) is 3.44. The lowest BCUT2D eigenvalue weighted by Gasteiger charge is -2.14. The van der Waals surface area contributed by atoms with E-state index in [4.69, 9.17) is 11.6 Å². The molecule has 1 amide bonds. The van der Waals surface area contributed by atoms with Crippen LogP contribution >= 0.6 is 11.6 Å².